The molecule has 3 N–H and O–H groups in total. The third kappa shape index (κ3) is 3.36. The van der Waals surface area contributed by atoms with Crippen LogP contribution in [-0.4, -0.2) is 16.1 Å². The van der Waals surface area contributed by atoms with Gasteiger partial charge in [0.1, 0.15) is 10.8 Å². The molecule has 13 heavy (non-hydrogen) atoms. The van der Waals surface area contributed by atoms with Crippen LogP contribution < -0.4 is 5.73 Å². The number of hydrogen-bond acceptors (Lipinski definition) is 4. The molecule has 0 radical (unpaired) electrons. The molecule has 0 saturated carbocycles. The molecule has 0 fully saturated rings. The summed E-state index contributed by atoms with van der Waals surface area (Å²) in [7, 11) is 0. The van der Waals surface area contributed by atoms with Crippen LogP contribution in [0, 0.1) is 5.41 Å². The molecule has 1 aromatic heterocycles. The Balaban J connectivity index is 2.54. The molecule has 1 rings (SSSR count). The summed E-state index contributed by atoms with van der Waals surface area (Å²) in [6.07, 6.45) is 1.67. The smallest absolute Gasteiger partial charge is 0.134 e. The Morgan fingerprint density at radius 1 is 1.77 bits per heavy atom. The summed E-state index contributed by atoms with van der Waals surface area (Å²) in [5.74, 6) is 1.02. The normalized spacial score (nSPS) is 10.7. The highest BCUT2D eigenvalue weighted by molar-refractivity contribution is 7.99. The summed E-state index contributed by atoms with van der Waals surface area (Å²) in [6, 6.07) is 0. The first-order valence-electron chi connectivity index (χ1n) is 4.00. The molecule has 1 heterocycles. The lowest BCUT2D eigenvalue weighted by Gasteiger charge is -2.00. The second-order valence-corrected chi connectivity index (χ2v) is 5.57. The van der Waals surface area contributed by atoms with Gasteiger partial charge in [-0.05, 0) is 5.25 Å². The van der Waals surface area contributed by atoms with Crippen molar-refractivity contribution >= 4 is 28.9 Å². The van der Waals surface area contributed by atoms with Gasteiger partial charge in [0.15, 0.2) is 0 Å². The number of aromatic nitrogens is 1. The van der Waals surface area contributed by atoms with E-state index >= 15 is 0 Å². The molecule has 0 saturated heterocycles. The van der Waals surface area contributed by atoms with Crippen molar-refractivity contribution in [3.8, 4) is 0 Å². The number of nitrogen functional groups attached to an aromatic ring is 1. The number of rotatable bonds is 4. The fraction of sp³-hybridized carbons (Fsp3) is 0.500. The van der Waals surface area contributed by atoms with Gasteiger partial charge in [-0.3, -0.25) is 5.41 Å². The zero-order valence-corrected chi connectivity index (χ0v) is 9.34. The minimum atomic E-state index is 0.110. The monoisotopic (exact) mass is 215 g/mol. The maximum Gasteiger partial charge on any atom is 0.134 e. The molecule has 0 aromatic carbocycles. The Bertz CT molecular complexity index is 293. The molecule has 0 bridgehead atoms. The van der Waals surface area contributed by atoms with Gasteiger partial charge in [0, 0.05) is 11.9 Å². The highest BCUT2D eigenvalue weighted by Crippen LogP contribution is 2.20. The van der Waals surface area contributed by atoms with Crippen LogP contribution in [0.25, 0.3) is 0 Å². The minimum Gasteiger partial charge on any atom is -0.383 e. The second kappa shape index (κ2) is 4.62. The molecule has 1 aromatic rings. The molecule has 0 spiro atoms. The molecule has 72 valence electrons. The van der Waals surface area contributed by atoms with Gasteiger partial charge in [-0.25, -0.2) is 4.98 Å². The van der Waals surface area contributed by atoms with Gasteiger partial charge in [0.05, 0.1) is 4.88 Å². The molecule has 0 aliphatic rings. The Hall–Kier alpha value is -0.550. The standard InChI is InChI=1S/C8H13N3S2/c1-5(2)12-4-7-11-3-6(13-7)8(9)10/h3,5H,4H2,1-2H3,(H3,9,10). The zero-order chi connectivity index (χ0) is 9.84. The van der Waals surface area contributed by atoms with Crippen LogP contribution in [-0.2, 0) is 5.75 Å². The van der Waals surface area contributed by atoms with Gasteiger partial charge < -0.3 is 5.73 Å². The van der Waals surface area contributed by atoms with Crippen LogP contribution in [0.15, 0.2) is 6.20 Å². The lowest BCUT2D eigenvalue weighted by Crippen LogP contribution is -2.08. The van der Waals surface area contributed by atoms with Gasteiger partial charge in [-0.15, -0.1) is 11.3 Å². The largest absolute Gasteiger partial charge is 0.383 e. The van der Waals surface area contributed by atoms with Crippen LogP contribution in [0.1, 0.15) is 23.7 Å². The average Bonchev–Trinajstić information content (AvgIpc) is 2.48. The number of hydrogen-bond donors (Lipinski definition) is 2. The van der Waals surface area contributed by atoms with Crippen LogP contribution >= 0.6 is 23.1 Å². The summed E-state index contributed by atoms with van der Waals surface area (Å²) in [4.78, 5) is 4.95. The summed E-state index contributed by atoms with van der Waals surface area (Å²) in [6.45, 7) is 4.31. The predicted molar refractivity (Wildman–Crippen MR) is 59.6 cm³/mol. The van der Waals surface area contributed by atoms with Crippen molar-refractivity contribution in [2.75, 3.05) is 0 Å². The Labute approximate surface area is 86.3 Å². The van der Waals surface area contributed by atoms with Crippen LogP contribution in [0.2, 0.25) is 0 Å². The molecule has 0 aliphatic heterocycles. The van der Waals surface area contributed by atoms with E-state index in [2.05, 4.69) is 18.8 Å². The number of thiazole rings is 1. The van der Waals surface area contributed by atoms with Crippen molar-refractivity contribution in [2.45, 2.75) is 24.9 Å². The summed E-state index contributed by atoms with van der Waals surface area (Å²) in [5.41, 5.74) is 5.33. The molecular weight excluding hydrogens is 202 g/mol. The highest BCUT2D eigenvalue weighted by atomic mass is 32.2. The van der Waals surface area contributed by atoms with E-state index in [0.29, 0.717) is 5.25 Å². The van der Waals surface area contributed by atoms with Crippen LogP contribution in [0.4, 0.5) is 0 Å². The minimum absolute atomic E-state index is 0.110. The van der Waals surface area contributed by atoms with Gasteiger partial charge in [0.2, 0.25) is 0 Å². The Morgan fingerprint density at radius 3 is 2.92 bits per heavy atom. The van der Waals surface area contributed by atoms with Crippen molar-refractivity contribution in [2.24, 2.45) is 5.73 Å². The first-order valence-corrected chi connectivity index (χ1v) is 5.87. The Morgan fingerprint density at radius 2 is 2.46 bits per heavy atom. The average molecular weight is 215 g/mol. The summed E-state index contributed by atoms with van der Waals surface area (Å²) in [5, 5.41) is 8.87. The first-order chi connectivity index (χ1) is 6.09. The van der Waals surface area contributed by atoms with Crippen molar-refractivity contribution in [3.05, 3.63) is 16.1 Å². The van der Waals surface area contributed by atoms with E-state index in [1.807, 2.05) is 11.8 Å². The zero-order valence-electron chi connectivity index (χ0n) is 7.70. The predicted octanol–water partition coefficient (Wildman–Crippen LogP) is 2.07. The van der Waals surface area contributed by atoms with E-state index < -0.39 is 0 Å². The van der Waals surface area contributed by atoms with E-state index in [1.54, 1.807) is 6.20 Å². The lowest BCUT2D eigenvalue weighted by molar-refractivity contribution is 1.10. The first kappa shape index (κ1) is 10.5. The second-order valence-electron chi connectivity index (χ2n) is 2.89. The number of thioether (sulfide) groups is 1. The maximum atomic E-state index is 7.21. The van der Waals surface area contributed by atoms with Crippen molar-refractivity contribution in [1.29, 1.82) is 5.41 Å². The maximum absolute atomic E-state index is 7.21. The van der Waals surface area contributed by atoms with Crippen LogP contribution in [0.5, 0.6) is 0 Å². The third-order valence-corrected chi connectivity index (χ3v) is 3.68. The summed E-state index contributed by atoms with van der Waals surface area (Å²) >= 11 is 3.35. The molecule has 0 aliphatic carbocycles. The number of amidine groups is 1. The van der Waals surface area contributed by atoms with Crippen LogP contribution in [0.3, 0.4) is 0 Å². The van der Waals surface area contributed by atoms with Gasteiger partial charge in [-0.1, -0.05) is 13.8 Å². The molecular formula is C8H13N3S2. The SMILES string of the molecule is CC(C)SCc1ncc(C(=N)N)s1. The fourth-order valence-corrected chi connectivity index (χ4v) is 2.30. The molecule has 5 heteroatoms. The quantitative estimate of drug-likeness (QED) is 0.597. The van der Waals surface area contributed by atoms with Gasteiger partial charge in [-0.2, -0.15) is 11.8 Å². The van der Waals surface area contributed by atoms with Crippen molar-refractivity contribution in [3.63, 3.8) is 0 Å². The number of nitrogens with one attached hydrogen (secondary N) is 1. The van der Waals surface area contributed by atoms with Gasteiger partial charge in [0.25, 0.3) is 0 Å². The van der Waals surface area contributed by atoms with Gasteiger partial charge >= 0.3 is 0 Å². The fourth-order valence-electron chi connectivity index (χ4n) is 0.739. The van der Waals surface area contributed by atoms with E-state index in [4.69, 9.17) is 11.1 Å². The van der Waals surface area contributed by atoms with E-state index in [-0.39, 0.29) is 5.84 Å². The van der Waals surface area contributed by atoms with Crippen molar-refractivity contribution < 1.29 is 0 Å². The van der Waals surface area contributed by atoms with E-state index in [1.165, 1.54) is 11.3 Å². The number of nitrogens with zero attached hydrogens (tertiary/aromatic N) is 1. The molecule has 0 atom stereocenters. The lowest BCUT2D eigenvalue weighted by atomic mass is 10.5. The highest BCUT2D eigenvalue weighted by Gasteiger charge is 2.04. The summed E-state index contributed by atoms with van der Waals surface area (Å²) < 4.78 is 0. The molecule has 0 unspecified atom stereocenters. The van der Waals surface area contributed by atoms with E-state index in [9.17, 15) is 0 Å². The number of nitrogens with two attached hydrogens (primary N) is 1. The Kier molecular flexibility index (Phi) is 3.74. The molecule has 3 nitrogen and oxygen atoms in total. The van der Waals surface area contributed by atoms with Crippen molar-refractivity contribution in [1.82, 2.24) is 4.98 Å². The third-order valence-electron chi connectivity index (χ3n) is 1.36. The molecule has 0 amide bonds. The van der Waals surface area contributed by atoms with E-state index in [0.717, 1.165) is 15.6 Å². The topological polar surface area (TPSA) is 62.8 Å².